The highest BCUT2D eigenvalue weighted by atomic mass is 16.2. The van der Waals surface area contributed by atoms with Crippen LogP contribution in [0.5, 0.6) is 0 Å². The van der Waals surface area contributed by atoms with E-state index in [0.29, 0.717) is 31.2 Å². The van der Waals surface area contributed by atoms with Gasteiger partial charge in [-0.15, -0.1) is 20.4 Å². The molecule has 3 aromatic rings. The standard InChI is InChI=1S/C15H16N8O/c1-10-15(24)22(8-11-5-3-2-4-6-11)9-14-19-18-13(23(10)14)7-12-16-20-21-17-12/h2-6,10H,7-9H2,1H3,(H,16,17,20,21)/t10-/m1/s1. The molecule has 0 unspecified atom stereocenters. The largest absolute Gasteiger partial charge is 0.329 e. The van der Waals surface area contributed by atoms with E-state index in [1.54, 1.807) is 0 Å². The van der Waals surface area contributed by atoms with Crippen LogP contribution < -0.4 is 0 Å². The zero-order chi connectivity index (χ0) is 16.5. The Labute approximate surface area is 137 Å². The minimum Gasteiger partial charge on any atom is -0.329 e. The molecule has 0 bridgehead atoms. The Balaban J connectivity index is 1.59. The molecule has 2 aromatic heterocycles. The zero-order valence-corrected chi connectivity index (χ0v) is 13.1. The van der Waals surface area contributed by atoms with Crippen molar-refractivity contribution in [2.75, 3.05) is 0 Å². The van der Waals surface area contributed by atoms with Crippen molar-refractivity contribution in [3.63, 3.8) is 0 Å². The summed E-state index contributed by atoms with van der Waals surface area (Å²) >= 11 is 0. The molecule has 9 nitrogen and oxygen atoms in total. The van der Waals surface area contributed by atoms with Crippen LogP contribution in [0.15, 0.2) is 30.3 Å². The van der Waals surface area contributed by atoms with Crippen LogP contribution >= 0.6 is 0 Å². The smallest absolute Gasteiger partial charge is 0.246 e. The average molecular weight is 324 g/mol. The molecule has 0 spiro atoms. The predicted molar refractivity (Wildman–Crippen MR) is 82.4 cm³/mol. The molecule has 1 N–H and O–H groups in total. The highest BCUT2D eigenvalue weighted by Crippen LogP contribution is 2.24. The number of fused-ring (bicyclic) bond motifs is 1. The second-order valence-corrected chi connectivity index (χ2v) is 5.76. The molecule has 0 saturated carbocycles. The molecular formula is C15H16N8O. The first-order valence-corrected chi connectivity index (χ1v) is 7.70. The van der Waals surface area contributed by atoms with Gasteiger partial charge in [0.05, 0.1) is 13.0 Å². The van der Waals surface area contributed by atoms with Crippen LogP contribution in [0.4, 0.5) is 0 Å². The Hall–Kier alpha value is -3.10. The fraction of sp³-hybridized carbons (Fsp3) is 0.333. The number of aromatic nitrogens is 7. The monoisotopic (exact) mass is 324 g/mol. The lowest BCUT2D eigenvalue weighted by atomic mass is 10.1. The number of carbonyl (C=O) groups is 1. The number of hydrogen-bond acceptors (Lipinski definition) is 6. The van der Waals surface area contributed by atoms with Gasteiger partial charge in [-0.1, -0.05) is 35.5 Å². The summed E-state index contributed by atoms with van der Waals surface area (Å²) in [5.41, 5.74) is 1.10. The number of carbonyl (C=O) groups excluding carboxylic acids is 1. The van der Waals surface area contributed by atoms with Crippen LogP contribution in [0.1, 0.15) is 36.0 Å². The fourth-order valence-electron chi connectivity index (χ4n) is 3.00. The second-order valence-electron chi connectivity index (χ2n) is 5.76. The molecule has 1 aliphatic heterocycles. The zero-order valence-electron chi connectivity index (χ0n) is 13.1. The van der Waals surface area contributed by atoms with Gasteiger partial charge in [-0.05, 0) is 12.5 Å². The van der Waals surface area contributed by atoms with Gasteiger partial charge in [-0.25, -0.2) is 0 Å². The Morgan fingerprint density at radius 1 is 1.21 bits per heavy atom. The van der Waals surface area contributed by atoms with Crippen LogP contribution in [0.3, 0.4) is 0 Å². The van der Waals surface area contributed by atoms with E-state index in [0.717, 1.165) is 11.4 Å². The number of benzene rings is 1. The Bertz CT molecular complexity index is 842. The lowest BCUT2D eigenvalue weighted by molar-refractivity contribution is -0.137. The van der Waals surface area contributed by atoms with E-state index in [1.165, 1.54) is 0 Å². The van der Waals surface area contributed by atoms with Crippen LogP contribution in [0.25, 0.3) is 0 Å². The topological polar surface area (TPSA) is 105 Å². The van der Waals surface area contributed by atoms with Gasteiger partial charge in [0.25, 0.3) is 0 Å². The maximum Gasteiger partial charge on any atom is 0.246 e. The summed E-state index contributed by atoms with van der Waals surface area (Å²) in [4.78, 5) is 14.6. The normalized spacial score (nSPS) is 17.1. The van der Waals surface area contributed by atoms with Crippen molar-refractivity contribution in [3.05, 3.63) is 53.4 Å². The molecule has 0 fully saturated rings. The molecule has 1 amide bonds. The number of rotatable bonds is 4. The van der Waals surface area contributed by atoms with E-state index in [4.69, 9.17) is 0 Å². The quantitative estimate of drug-likeness (QED) is 0.748. The summed E-state index contributed by atoms with van der Waals surface area (Å²) in [7, 11) is 0. The van der Waals surface area contributed by atoms with E-state index >= 15 is 0 Å². The molecule has 1 aromatic carbocycles. The predicted octanol–water partition coefficient (Wildman–Crippen LogP) is 0.485. The van der Waals surface area contributed by atoms with Crippen LogP contribution in [0, 0.1) is 0 Å². The van der Waals surface area contributed by atoms with Crippen molar-refractivity contribution in [1.29, 1.82) is 0 Å². The van der Waals surface area contributed by atoms with Gasteiger partial charge < -0.3 is 9.47 Å². The first kappa shape index (κ1) is 14.5. The van der Waals surface area contributed by atoms with Crippen molar-refractivity contribution >= 4 is 5.91 Å². The minimum atomic E-state index is -0.352. The first-order chi connectivity index (χ1) is 11.7. The number of tetrazole rings is 1. The van der Waals surface area contributed by atoms with E-state index in [1.807, 2.05) is 46.7 Å². The average Bonchev–Trinajstić information content (AvgIpc) is 3.24. The summed E-state index contributed by atoms with van der Waals surface area (Å²) in [5, 5.41) is 22.3. The van der Waals surface area contributed by atoms with E-state index < -0.39 is 0 Å². The molecule has 0 radical (unpaired) electrons. The minimum absolute atomic E-state index is 0.0560. The molecule has 24 heavy (non-hydrogen) atoms. The number of H-pyrrole nitrogens is 1. The molecular weight excluding hydrogens is 308 g/mol. The molecule has 1 aliphatic rings. The molecule has 1 atom stereocenters. The second kappa shape index (κ2) is 5.84. The van der Waals surface area contributed by atoms with Gasteiger partial charge in [0.2, 0.25) is 5.91 Å². The van der Waals surface area contributed by atoms with Crippen LogP contribution in [-0.4, -0.2) is 46.2 Å². The van der Waals surface area contributed by atoms with Crippen molar-refractivity contribution in [2.24, 2.45) is 0 Å². The molecule has 9 heteroatoms. The van der Waals surface area contributed by atoms with Gasteiger partial charge >= 0.3 is 0 Å². The highest BCUT2D eigenvalue weighted by Gasteiger charge is 2.33. The molecule has 122 valence electrons. The number of nitrogens with one attached hydrogen (secondary N) is 1. The third kappa shape index (κ3) is 2.53. The maximum atomic E-state index is 12.7. The summed E-state index contributed by atoms with van der Waals surface area (Å²) in [6.45, 7) is 2.88. The Morgan fingerprint density at radius 3 is 2.79 bits per heavy atom. The van der Waals surface area contributed by atoms with Crippen molar-refractivity contribution in [2.45, 2.75) is 32.5 Å². The van der Waals surface area contributed by atoms with E-state index in [2.05, 4.69) is 30.8 Å². The lowest BCUT2D eigenvalue weighted by Crippen LogP contribution is -2.41. The summed E-state index contributed by atoms with van der Waals surface area (Å²) in [6, 6.07) is 9.58. The van der Waals surface area contributed by atoms with E-state index in [9.17, 15) is 4.79 Å². The summed E-state index contributed by atoms with van der Waals surface area (Å²) in [6.07, 6.45) is 0.389. The van der Waals surface area contributed by atoms with Gasteiger partial charge in [-0.2, -0.15) is 5.21 Å². The molecule has 3 heterocycles. The SMILES string of the molecule is C[C@@H]1C(=O)N(Cc2ccccc2)Cc2nnc(Cc3nn[nH]n3)n21. The van der Waals surface area contributed by atoms with Crippen molar-refractivity contribution in [1.82, 2.24) is 40.3 Å². The van der Waals surface area contributed by atoms with Crippen LogP contribution in [-0.2, 0) is 24.3 Å². The van der Waals surface area contributed by atoms with E-state index in [-0.39, 0.29) is 11.9 Å². The Morgan fingerprint density at radius 2 is 2.04 bits per heavy atom. The molecule has 4 rings (SSSR count). The maximum absolute atomic E-state index is 12.7. The van der Waals surface area contributed by atoms with Gasteiger partial charge in [0.15, 0.2) is 11.6 Å². The fourth-order valence-corrected chi connectivity index (χ4v) is 3.00. The number of aromatic amines is 1. The number of nitrogens with zero attached hydrogens (tertiary/aromatic N) is 7. The van der Waals surface area contributed by atoms with Gasteiger partial charge in [0, 0.05) is 6.54 Å². The summed E-state index contributed by atoms with van der Waals surface area (Å²) in [5.74, 6) is 2.03. The van der Waals surface area contributed by atoms with Gasteiger partial charge in [0.1, 0.15) is 11.9 Å². The number of hydrogen-bond donors (Lipinski definition) is 1. The van der Waals surface area contributed by atoms with Crippen molar-refractivity contribution in [3.8, 4) is 0 Å². The van der Waals surface area contributed by atoms with Crippen LogP contribution in [0.2, 0.25) is 0 Å². The summed E-state index contributed by atoms with van der Waals surface area (Å²) < 4.78 is 1.88. The Kier molecular flexibility index (Phi) is 3.52. The van der Waals surface area contributed by atoms with Gasteiger partial charge in [-0.3, -0.25) is 4.79 Å². The molecule has 0 saturated heterocycles. The third-order valence-corrected chi connectivity index (χ3v) is 4.15. The lowest BCUT2D eigenvalue weighted by Gasteiger charge is -2.32. The first-order valence-electron chi connectivity index (χ1n) is 7.70. The highest BCUT2D eigenvalue weighted by molar-refractivity contribution is 5.81. The van der Waals surface area contributed by atoms with Crippen molar-refractivity contribution < 1.29 is 4.79 Å². The number of amides is 1. The molecule has 0 aliphatic carbocycles. The third-order valence-electron chi connectivity index (χ3n) is 4.15.